The molecule has 0 saturated carbocycles. The Kier molecular flexibility index (Phi) is 5.22. The summed E-state index contributed by atoms with van der Waals surface area (Å²) >= 11 is 0. The second-order valence-corrected chi connectivity index (χ2v) is 3.76. The molecular weight excluding hydrogens is 134 g/mol. The molecule has 0 unspecified atom stereocenters. The van der Waals surface area contributed by atoms with Gasteiger partial charge in [-0.05, 0) is 18.4 Å². The van der Waals surface area contributed by atoms with Crippen LogP contribution in [0.1, 0.15) is 33.6 Å². The molecule has 11 heavy (non-hydrogen) atoms. The molecule has 0 radical (unpaired) electrons. The molecule has 1 nitrogen and oxygen atoms in total. The fourth-order valence-corrected chi connectivity index (χ4v) is 0.808. The Balaban J connectivity index is 3.29. The molecule has 1 heteroatoms. The molecule has 0 heterocycles. The van der Waals surface area contributed by atoms with Crippen LogP contribution >= 0.6 is 0 Å². The van der Waals surface area contributed by atoms with Gasteiger partial charge in [-0.3, -0.25) is 0 Å². The number of hydrogen-bond donors (Lipinski definition) is 1. The highest BCUT2D eigenvalue weighted by atomic mass is 14.8. The number of hydrogen-bond acceptors (Lipinski definition) is 1. The minimum Gasteiger partial charge on any atom is -0.313 e. The number of rotatable bonds is 6. The minimum atomic E-state index is 0.494. The van der Waals surface area contributed by atoms with Gasteiger partial charge in [-0.2, -0.15) is 0 Å². The maximum Gasteiger partial charge on any atom is 0.0132 e. The summed E-state index contributed by atoms with van der Waals surface area (Å²) < 4.78 is 0. The van der Waals surface area contributed by atoms with Gasteiger partial charge < -0.3 is 5.32 Å². The lowest BCUT2D eigenvalue weighted by atomic mass is 9.87. The van der Waals surface area contributed by atoms with Crippen LogP contribution < -0.4 is 5.32 Å². The van der Waals surface area contributed by atoms with E-state index in [1.807, 2.05) is 6.08 Å². The zero-order chi connectivity index (χ0) is 8.74. The Morgan fingerprint density at radius 1 is 1.45 bits per heavy atom. The van der Waals surface area contributed by atoms with Crippen LogP contribution in [0.2, 0.25) is 0 Å². The molecule has 0 aliphatic rings. The molecule has 0 saturated heterocycles. The van der Waals surface area contributed by atoms with Crippen LogP contribution in [0.25, 0.3) is 0 Å². The molecule has 0 aliphatic heterocycles. The molecule has 0 amide bonds. The van der Waals surface area contributed by atoms with E-state index in [0.29, 0.717) is 5.41 Å². The van der Waals surface area contributed by atoms with E-state index < -0.39 is 0 Å². The summed E-state index contributed by atoms with van der Waals surface area (Å²) in [5, 5.41) is 3.31. The van der Waals surface area contributed by atoms with E-state index in [0.717, 1.165) is 13.1 Å². The van der Waals surface area contributed by atoms with E-state index in [1.54, 1.807) is 0 Å². The Hall–Kier alpha value is -0.300. The number of nitrogens with one attached hydrogen (secondary N) is 1. The van der Waals surface area contributed by atoms with Crippen molar-refractivity contribution in [3.05, 3.63) is 12.7 Å². The van der Waals surface area contributed by atoms with Gasteiger partial charge in [0.1, 0.15) is 0 Å². The van der Waals surface area contributed by atoms with Gasteiger partial charge in [-0.1, -0.05) is 33.3 Å². The van der Waals surface area contributed by atoms with E-state index in [2.05, 4.69) is 32.7 Å². The zero-order valence-electron chi connectivity index (χ0n) is 8.11. The highest BCUT2D eigenvalue weighted by Crippen LogP contribution is 2.23. The third kappa shape index (κ3) is 6.11. The molecule has 0 spiro atoms. The highest BCUT2D eigenvalue weighted by molar-refractivity contribution is 4.72. The second-order valence-electron chi connectivity index (χ2n) is 3.76. The van der Waals surface area contributed by atoms with Gasteiger partial charge in [0, 0.05) is 6.54 Å². The van der Waals surface area contributed by atoms with Crippen molar-refractivity contribution >= 4 is 0 Å². The molecule has 0 aromatic rings. The average Bonchev–Trinajstić information content (AvgIpc) is 1.99. The van der Waals surface area contributed by atoms with E-state index in [1.165, 1.54) is 12.8 Å². The van der Waals surface area contributed by atoms with Gasteiger partial charge in [0.25, 0.3) is 0 Å². The van der Waals surface area contributed by atoms with Crippen molar-refractivity contribution in [3.8, 4) is 0 Å². The fraction of sp³-hybridized carbons (Fsp3) is 0.800. The predicted molar refractivity (Wildman–Crippen MR) is 51.8 cm³/mol. The Morgan fingerprint density at radius 2 is 2.09 bits per heavy atom. The SMILES string of the molecule is C=CCNCCC(C)(C)CC. The van der Waals surface area contributed by atoms with E-state index in [9.17, 15) is 0 Å². The van der Waals surface area contributed by atoms with Crippen LogP contribution in [-0.2, 0) is 0 Å². The summed E-state index contributed by atoms with van der Waals surface area (Å²) in [5.74, 6) is 0. The molecule has 0 bridgehead atoms. The Labute approximate surface area is 70.9 Å². The van der Waals surface area contributed by atoms with Crippen LogP contribution in [0, 0.1) is 5.41 Å². The lowest BCUT2D eigenvalue weighted by molar-refractivity contribution is 0.318. The van der Waals surface area contributed by atoms with Crippen molar-refractivity contribution in [2.45, 2.75) is 33.6 Å². The third-order valence-electron chi connectivity index (χ3n) is 2.22. The van der Waals surface area contributed by atoms with Gasteiger partial charge in [-0.25, -0.2) is 0 Å². The average molecular weight is 155 g/mol. The molecule has 0 aliphatic carbocycles. The lowest BCUT2D eigenvalue weighted by Gasteiger charge is -2.22. The molecule has 0 rings (SSSR count). The van der Waals surface area contributed by atoms with Gasteiger partial charge >= 0.3 is 0 Å². The topological polar surface area (TPSA) is 12.0 Å². The van der Waals surface area contributed by atoms with Crippen molar-refractivity contribution in [1.82, 2.24) is 5.32 Å². The smallest absolute Gasteiger partial charge is 0.0132 e. The van der Waals surface area contributed by atoms with Crippen molar-refractivity contribution in [2.24, 2.45) is 5.41 Å². The fourth-order valence-electron chi connectivity index (χ4n) is 0.808. The Bertz CT molecular complexity index is 105. The lowest BCUT2D eigenvalue weighted by Crippen LogP contribution is -2.21. The highest BCUT2D eigenvalue weighted by Gasteiger charge is 2.13. The van der Waals surface area contributed by atoms with Crippen molar-refractivity contribution in [3.63, 3.8) is 0 Å². The van der Waals surface area contributed by atoms with Gasteiger partial charge in [0.2, 0.25) is 0 Å². The third-order valence-corrected chi connectivity index (χ3v) is 2.22. The Morgan fingerprint density at radius 3 is 2.55 bits per heavy atom. The predicted octanol–water partition coefficient (Wildman–Crippen LogP) is 2.59. The molecule has 0 atom stereocenters. The molecule has 0 aromatic carbocycles. The first kappa shape index (κ1) is 10.7. The molecular formula is C10H21N. The normalized spacial score (nSPS) is 11.5. The summed E-state index contributed by atoms with van der Waals surface area (Å²) in [6.45, 7) is 12.5. The molecule has 0 aromatic heterocycles. The summed E-state index contributed by atoms with van der Waals surface area (Å²) in [5.41, 5.74) is 0.494. The zero-order valence-corrected chi connectivity index (χ0v) is 8.11. The first-order valence-corrected chi connectivity index (χ1v) is 4.44. The summed E-state index contributed by atoms with van der Waals surface area (Å²) in [6, 6.07) is 0. The van der Waals surface area contributed by atoms with E-state index >= 15 is 0 Å². The first-order valence-electron chi connectivity index (χ1n) is 4.44. The van der Waals surface area contributed by atoms with Gasteiger partial charge in [0.05, 0.1) is 0 Å². The van der Waals surface area contributed by atoms with Crippen LogP contribution in [-0.4, -0.2) is 13.1 Å². The van der Waals surface area contributed by atoms with Crippen molar-refractivity contribution in [2.75, 3.05) is 13.1 Å². The first-order chi connectivity index (χ1) is 5.12. The maximum absolute atomic E-state index is 3.65. The molecule has 0 fully saturated rings. The quantitative estimate of drug-likeness (QED) is 0.459. The minimum absolute atomic E-state index is 0.494. The van der Waals surface area contributed by atoms with E-state index in [4.69, 9.17) is 0 Å². The molecule has 1 N–H and O–H groups in total. The van der Waals surface area contributed by atoms with Crippen molar-refractivity contribution in [1.29, 1.82) is 0 Å². The standard InChI is InChI=1S/C10H21N/c1-5-8-11-9-7-10(3,4)6-2/h5,11H,1,6-9H2,2-4H3. The van der Waals surface area contributed by atoms with Crippen LogP contribution in [0.4, 0.5) is 0 Å². The van der Waals surface area contributed by atoms with Gasteiger partial charge in [-0.15, -0.1) is 6.58 Å². The summed E-state index contributed by atoms with van der Waals surface area (Å²) in [6.07, 6.45) is 4.40. The molecule has 66 valence electrons. The van der Waals surface area contributed by atoms with Crippen LogP contribution in [0.5, 0.6) is 0 Å². The second kappa shape index (κ2) is 5.36. The van der Waals surface area contributed by atoms with E-state index in [-0.39, 0.29) is 0 Å². The summed E-state index contributed by atoms with van der Waals surface area (Å²) in [7, 11) is 0. The largest absolute Gasteiger partial charge is 0.313 e. The maximum atomic E-state index is 3.65. The van der Waals surface area contributed by atoms with Crippen molar-refractivity contribution < 1.29 is 0 Å². The summed E-state index contributed by atoms with van der Waals surface area (Å²) in [4.78, 5) is 0. The van der Waals surface area contributed by atoms with Crippen LogP contribution in [0.3, 0.4) is 0 Å². The van der Waals surface area contributed by atoms with Gasteiger partial charge in [0.15, 0.2) is 0 Å². The van der Waals surface area contributed by atoms with Crippen LogP contribution in [0.15, 0.2) is 12.7 Å². The monoisotopic (exact) mass is 155 g/mol.